The first kappa shape index (κ1) is 16.5. The van der Waals surface area contributed by atoms with E-state index < -0.39 is 0 Å². The molecule has 0 radical (unpaired) electrons. The van der Waals surface area contributed by atoms with Crippen LogP contribution < -0.4 is 5.32 Å². The summed E-state index contributed by atoms with van der Waals surface area (Å²) in [6.45, 7) is 9.70. The second-order valence-electron chi connectivity index (χ2n) is 6.29. The minimum absolute atomic E-state index is 0.358. The molecule has 0 aromatic heterocycles. The van der Waals surface area contributed by atoms with Gasteiger partial charge >= 0.3 is 0 Å². The van der Waals surface area contributed by atoms with Crippen molar-refractivity contribution in [2.75, 3.05) is 26.7 Å². The van der Waals surface area contributed by atoms with Crippen LogP contribution in [0.5, 0.6) is 0 Å². The van der Waals surface area contributed by atoms with E-state index in [1.165, 1.54) is 5.56 Å². The van der Waals surface area contributed by atoms with Gasteiger partial charge in [0.2, 0.25) is 0 Å². The molecule has 1 aromatic carbocycles. The zero-order valence-corrected chi connectivity index (χ0v) is 13.9. The number of nitrogens with one attached hydrogen (secondary N) is 1. The molecule has 2 rings (SSSR count). The molecule has 0 bridgehead atoms. The van der Waals surface area contributed by atoms with Gasteiger partial charge in [0.15, 0.2) is 0 Å². The SMILES string of the molecule is CCNC(c1ccccc1)C(C)CN(C)C1CCOC1C. The van der Waals surface area contributed by atoms with Crippen LogP contribution in [0.2, 0.25) is 0 Å². The predicted octanol–water partition coefficient (Wildman–Crippen LogP) is 3.08. The summed E-state index contributed by atoms with van der Waals surface area (Å²) in [7, 11) is 2.24. The highest BCUT2D eigenvalue weighted by atomic mass is 16.5. The Morgan fingerprint density at radius 3 is 2.62 bits per heavy atom. The van der Waals surface area contributed by atoms with Crippen molar-refractivity contribution >= 4 is 0 Å². The lowest BCUT2D eigenvalue weighted by Gasteiger charge is -2.33. The van der Waals surface area contributed by atoms with Gasteiger partial charge in [-0.25, -0.2) is 0 Å². The van der Waals surface area contributed by atoms with Crippen molar-refractivity contribution in [3.05, 3.63) is 35.9 Å². The van der Waals surface area contributed by atoms with Gasteiger partial charge < -0.3 is 15.0 Å². The van der Waals surface area contributed by atoms with Gasteiger partial charge in [0.1, 0.15) is 0 Å². The summed E-state index contributed by atoms with van der Waals surface area (Å²) < 4.78 is 5.70. The minimum atomic E-state index is 0.358. The summed E-state index contributed by atoms with van der Waals surface area (Å²) in [5.41, 5.74) is 1.39. The molecule has 21 heavy (non-hydrogen) atoms. The Labute approximate surface area is 129 Å². The van der Waals surface area contributed by atoms with E-state index in [0.29, 0.717) is 24.1 Å². The lowest BCUT2D eigenvalue weighted by atomic mass is 9.93. The van der Waals surface area contributed by atoms with Crippen molar-refractivity contribution in [2.24, 2.45) is 5.92 Å². The summed E-state index contributed by atoms with van der Waals surface area (Å²) in [5, 5.41) is 3.65. The molecule has 4 atom stereocenters. The minimum Gasteiger partial charge on any atom is -0.377 e. The topological polar surface area (TPSA) is 24.5 Å². The number of nitrogens with zero attached hydrogens (tertiary/aromatic N) is 1. The number of benzene rings is 1. The molecule has 1 aliphatic rings. The van der Waals surface area contributed by atoms with Crippen molar-refractivity contribution in [1.29, 1.82) is 0 Å². The molecule has 1 aliphatic heterocycles. The Morgan fingerprint density at radius 1 is 1.33 bits per heavy atom. The van der Waals surface area contributed by atoms with Gasteiger partial charge in [-0.1, -0.05) is 44.2 Å². The quantitative estimate of drug-likeness (QED) is 0.835. The van der Waals surface area contributed by atoms with E-state index >= 15 is 0 Å². The molecule has 3 heteroatoms. The molecule has 118 valence electrons. The molecule has 1 fully saturated rings. The smallest absolute Gasteiger partial charge is 0.0702 e. The van der Waals surface area contributed by atoms with E-state index in [2.05, 4.69) is 68.4 Å². The summed E-state index contributed by atoms with van der Waals surface area (Å²) >= 11 is 0. The predicted molar refractivity (Wildman–Crippen MR) is 88.5 cm³/mol. The van der Waals surface area contributed by atoms with Crippen molar-refractivity contribution < 1.29 is 4.74 Å². The third kappa shape index (κ3) is 4.29. The van der Waals surface area contributed by atoms with Gasteiger partial charge in [-0.3, -0.25) is 0 Å². The van der Waals surface area contributed by atoms with Crippen molar-refractivity contribution in [1.82, 2.24) is 10.2 Å². The maximum absolute atomic E-state index is 5.70. The summed E-state index contributed by atoms with van der Waals surface area (Å²) in [5.74, 6) is 0.560. The van der Waals surface area contributed by atoms with E-state index in [1.807, 2.05) is 0 Å². The molecule has 1 aromatic rings. The third-order valence-electron chi connectivity index (χ3n) is 4.63. The molecule has 4 unspecified atom stereocenters. The largest absolute Gasteiger partial charge is 0.377 e. The number of rotatable bonds is 7. The first-order valence-corrected chi connectivity index (χ1v) is 8.23. The van der Waals surface area contributed by atoms with Crippen molar-refractivity contribution in [3.8, 4) is 0 Å². The fourth-order valence-corrected chi connectivity index (χ4v) is 3.52. The van der Waals surface area contributed by atoms with Crippen LogP contribution in [-0.2, 0) is 4.74 Å². The molecule has 1 saturated heterocycles. The number of ether oxygens (including phenoxy) is 1. The van der Waals surface area contributed by atoms with E-state index in [0.717, 1.165) is 26.1 Å². The molecule has 0 amide bonds. The van der Waals surface area contributed by atoms with Gasteiger partial charge in [-0.05, 0) is 38.4 Å². The molecule has 1 heterocycles. The highest BCUT2D eigenvalue weighted by Crippen LogP contribution is 2.25. The first-order valence-electron chi connectivity index (χ1n) is 8.23. The van der Waals surface area contributed by atoms with Gasteiger partial charge in [0.05, 0.1) is 6.10 Å². The van der Waals surface area contributed by atoms with Crippen LogP contribution in [-0.4, -0.2) is 43.8 Å². The number of likely N-dealkylation sites (N-methyl/N-ethyl adjacent to an activating group) is 1. The maximum atomic E-state index is 5.70. The Hall–Kier alpha value is -0.900. The zero-order valence-electron chi connectivity index (χ0n) is 13.9. The summed E-state index contributed by atoms with van der Waals surface area (Å²) in [6, 6.07) is 11.8. The van der Waals surface area contributed by atoms with Gasteiger partial charge in [-0.2, -0.15) is 0 Å². The Bertz CT molecular complexity index is 409. The fourth-order valence-electron chi connectivity index (χ4n) is 3.52. The fraction of sp³-hybridized carbons (Fsp3) is 0.667. The molecule has 1 N–H and O–H groups in total. The van der Waals surface area contributed by atoms with E-state index in [4.69, 9.17) is 4.74 Å². The molecule has 0 aliphatic carbocycles. The lowest BCUT2D eigenvalue weighted by molar-refractivity contribution is 0.0765. The standard InChI is InChI=1S/C18H30N2O/c1-5-19-18(16-9-7-6-8-10-16)14(2)13-20(4)17-11-12-21-15(17)3/h6-10,14-15,17-19H,5,11-13H2,1-4H3. The second kappa shape index (κ2) is 7.92. The lowest BCUT2D eigenvalue weighted by Crippen LogP contribution is -2.42. The Balaban J connectivity index is 2.00. The molecular formula is C18H30N2O. The van der Waals surface area contributed by atoms with E-state index in [-0.39, 0.29) is 0 Å². The van der Waals surface area contributed by atoms with Gasteiger partial charge in [-0.15, -0.1) is 0 Å². The van der Waals surface area contributed by atoms with Crippen LogP contribution in [0.1, 0.15) is 38.8 Å². The Kier molecular flexibility index (Phi) is 6.22. The first-order chi connectivity index (χ1) is 10.1. The number of hydrogen-bond acceptors (Lipinski definition) is 3. The normalized spacial score (nSPS) is 25.2. The highest BCUT2D eigenvalue weighted by Gasteiger charge is 2.30. The van der Waals surface area contributed by atoms with Crippen LogP contribution in [0, 0.1) is 5.92 Å². The summed E-state index contributed by atoms with van der Waals surface area (Å²) in [4.78, 5) is 2.48. The molecule has 0 spiro atoms. The second-order valence-corrected chi connectivity index (χ2v) is 6.29. The molecular weight excluding hydrogens is 260 g/mol. The van der Waals surface area contributed by atoms with Crippen LogP contribution in [0.15, 0.2) is 30.3 Å². The molecule has 3 nitrogen and oxygen atoms in total. The van der Waals surface area contributed by atoms with E-state index in [9.17, 15) is 0 Å². The van der Waals surface area contributed by atoms with Crippen LogP contribution in [0.4, 0.5) is 0 Å². The van der Waals surface area contributed by atoms with Crippen molar-refractivity contribution in [3.63, 3.8) is 0 Å². The third-order valence-corrected chi connectivity index (χ3v) is 4.63. The van der Waals surface area contributed by atoms with Crippen LogP contribution in [0.25, 0.3) is 0 Å². The van der Waals surface area contributed by atoms with E-state index in [1.54, 1.807) is 0 Å². The Morgan fingerprint density at radius 2 is 2.05 bits per heavy atom. The van der Waals surface area contributed by atoms with Gasteiger partial charge in [0.25, 0.3) is 0 Å². The summed E-state index contributed by atoms with van der Waals surface area (Å²) in [6.07, 6.45) is 1.51. The maximum Gasteiger partial charge on any atom is 0.0702 e. The zero-order chi connectivity index (χ0) is 15.2. The average Bonchev–Trinajstić information content (AvgIpc) is 2.91. The van der Waals surface area contributed by atoms with Crippen LogP contribution in [0.3, 0.4) is 0 Å². The number of hydrogen-bond donors (Lipinski definition) is 1. The monoisotopic (exact) mass is 290 g/mol. The highest BCUT2D eigenvalue weighted by molar-refractivity contribution is 5.19. The van der Waals surface area contributed by atoms with Crippen molar-refractivity contribution in [2.45, 2.75) is 45.4 Å². The molecule has 0 saturated carbocycles. The van der Waals surface area contributed by atoms with Crippen LogP contribution >= 0.6 is 0 Å². The average molecular weight is 290 g/mol. The van der Waals surface area contributed by atoms with Gasteiger partial charge in [0, 0.05) is 25.2 Å².